The zero-order chi connectivity index (χ0) is 24.9. The second kappa shape index (κ2) is 8.70. The lowest BCUT2D eigenvalue weighted by molar-refractivity contribution is 0.617. The van der Waals surface area contributed by atoms with Crippen molar-refractivity contribution in [2.24, 2.45) is 5.92 Å². The third kappa shape index (κ3) is 3.74. The van der Waals surface area contributed by atoms with Gasteiger partial charge in [-0.25, -0.2) is 0 Å². The first-order chi connectivity index (χ1) is 18.2. The number of aryl methyl sites for hydroxylation is 2. The van der Waals surface area contributed by atoms with Gasteiger partial charge in [0.1, 0.15) is 11.5 Å². The molecule has 0 radical (unpaired) electrons. The Kier molecular flexibility index (Phi) is 5.17. The summed E-state index contributed by atoms with van der Waals surface area (Å²) >= 11 is 0. The van der Waals surface area contributed by atoms with Crippen LogP contribution in [0.25, 0.3) is 55.4 Å². The first-order valence-corrected chi connectivity index (χ1v) is 13.1. The van der Waals surface area contributed by atoms with Gasteiger partial charge in [0.25, 0.3) is 0 Å². The molecule has 0 spiro atoms. The van der Waals surface area contributed by atoms with Gasteiger partial charge in [-0.1, -0.05) is 68.4 Å². The molecule has 0 bridgehead atoms. The normalized spacial score (nSPS) is 12.7. The van der Waals surface area contributed by atoms with Crippen LogP contribution in [0, 0.1) is 5.92 Å². The Balaban J connectivity index is 1.42. The molecule has 3 heterocycles. The fraction of sp³-hybridized carbons (Fsp3) is 0.176. The summed E-state index contributed by atoms with van der Waals surface area (Å²) in [5.41, 5.74) is 10.1. The van der Waals surface area contributed by atoms with Crippen LogP contribution in [0.5, 0.6) is 0 Å². The zero-order valence-electron chi connectivity index (χ0n) is 21.2. The molecule has 0 saturated heterocycles. The van der Waals surface area contributed by atoms with E-state index in [0.717, 1.165) is 52.8 Å². The molecule has 7 rings (SSSR count). The van der Waals surface area contributed by atoms with E-state index in [1.807, 2.05) is 12.4 Å². The number of benzene rings is 3. The van der Waals surface area contributed by atoms with Crippen LogP contribution in [0.4, 0.5) is 0 Å². The monoisotopic (exact) mass is 480 g/mol. The Morgan fingerprint density at radius 2 is 1.62 bits per heavy atom. The fourth-order valence-electron chi connectivity index (χ4n) is 5.80. The van der Waals surface area contributed by atoms with Gasteiger partial charge in [-0.3, -0.25) is 9.97 Å². The highest BCUT2D eigenvalue weighted by Crippen LogP contribution is 2.43. The van der Waals surface area contributed by atoms with Crippen LogP contribution in [0.15, 0.2) is 95.7 Å². The Bertz CT molecular complexity index is 1780. The Hall–Kier alpha value is -4.24. The van der Waals surface area contributed by atoms with Crippen molar-refractivity contribution in [1.82, 2.24) is 9.97 Å². The molecule has 3 aromatic carbocycles. The van der Waals surface area contributed by atoms with Crippen molar-refractivity contribution in [1.29, 1.82) is 0 Å². The minimum Gasteiger partial charge on any atom is -0.453 e. The Morgan fingerprint density at radius 3 is 2.49 bits per heavy atom. The summed E-state index contributed by atoms with van der Waals surface area (Å²) in [6, 6.07) is 28.0. The molecule has 37 heavy (non-hydrogen) atoms. The second-order valence-corrected chi connectivity index (χ2v) is 10.5. The van der Waals surface area contributed by atoms with Gasteiger partial charge in [-0.15, -0.1) is 0 Å². The molecule has 3 heteroatoms. The van der Waals surface area contributed by atoms with E-state index in [0.29, 0.717) is 5.92 Å². The quantitative estimate of drug-likeness (QED) is 0.253. The third-order valence-electron chi connectivity index (χ3n) is 7.48. The molecular formula is C34H28N2O. The molecule has 0 aliphatic heterocycles. The van der Waals surface area contributed by atoms with Crippen LogP contribution in [0.1, 0.15) is 30.7 Å². The summed E-state index contributed by atoms with van der Waals surface area (Å²) < 4.78 is 6.68. The summed E-state index contributed by atoms with van der Waals surface area (Å²) in [5.74, 6) is 1.55. The van der Waals surface area contributed by atoms with E-state index in [2.05, 4.69) is 92.7 Å². The maximum Gasteiger partial charge on any atom is 0.161 e. The molecular weight excluding hydrogens is 452 g/mol. The lowest BCUT2D eigenvalue weighted by Crippen LogP contribution is -2.05. The van der Waals surface area contributed by atoms with Crippen molar-refractivity contribution < 1.29 is 4.42 Å². The minimum absolute atomic E-state index is 0.590. The summed E-state index contributed by atoms with van der Waals surface area (Å²) in [6.45, 7) is 4.48. The van der Waals surface area contributed by atoms with Gasteiger partial charge >= 0.3 is 0 Å². The number of pyridine rings is 2. The summed E-state index contributed by atoms with van der Waals surface area (Å²) in [4.78, 5) is 9.64. The first kappa shape index (κ1) is 22.0. The average Bonchev–Trinajstić information content (AvgIpc) is 3.32. The molecule has 0 atom stereocenters. The van der Waals surface area contributed by atoms with E-state index in [1.165, 1.54) is 38.7 Å². The minimum atomic E-state index is 0.590. The molecule has 0 fully saturated rings. The van der Waals surface area contributed by atoms with Gasteiger partial charge < -0.3 is 4.42 Å². The third-order valence-corrected chi connectivity index (χ3v) is 7.48. The number of furan rings is 1. The van der Waals surface area contributed by atoms with Crippen LogP contribution >= 0.6 is 0 Å². The molecule has 0 amide bonds. The number of nitrogens with zero attached hydrogens (tertiary/aromatic N) is 2. The van der Waals surface area contributed by atoms with Gasteiger partial charge in [-0.2, -0.15) is 0 Å². The largest absolute Gasteiger partial charge is 0.453 e. The molecule has 3 nitrogen and oxygen atoms in total. The molecule has 1 aliphatic rings. The summed E-state index contributed by atoms with van der Waals surface area (Å²) in [5, 5.41) is 3.59. The van der Waals surface area contributed by atoms with Crippen LogP contribution in [-0.4, -0.2) is 9.97 Å². The van der Waals surface area contributed by atoms with Gasteiger partial charge in [-0.05, 0) is 76.9 Å². The first-order valence-electron chi connectivity index (χ1n) is 13.1. The summed E-state index contributed by atoms with van der Waals surface area (Å²) in [7, 11) is 0. The topological polar surface area (TPSA) is 38.9 Å². The lowest BCUT2D eigenvalue weighted by Gasteiger charge is -2.16. The van der Waals surface area contributed by atoms with Crippen LogP contribution in [-0.2, 0) is 19.3 Å². The predicted molar refractivity (Wildman–Crippen MR) is 152 cm³/mol. The molecule has 6 aromatic rings. The van der Waals surface area contributed by atoms with E-state index in [9.17, 15) is 0 Å². The van der Waals surface area contributed by atoms with Crippen molar-refractivity contribution in [3.63, 3.8) is 0 Å². The van der Waals surface area contributed by atoms with E-state index in [1.54, 1.807) is 0 Å². The van der Waals surface area contributed by atoms with Crippen molar-refractivity contribution >= 4 is 21.7 Å². The highest BCUT2D eigenvalue weighted by molar-refractivity contribution is 6.03. The molecule has 0 unspecified atom stereocenters. The second-order valence-electron chi connectivity index (χ2n) is 10.5. The van der Waals surface area contributed by atoms with Gasteiger partial charge in [0, 0.05) is 40.2 Å². The smallest absolute Gasteiger partial charge is 0.161 e. The molecule has 1 aliphatic carbocycles. The highest BCUT2D eigenvalue weighted by Gasteiger charge is 2.26. The number of hydrogen-bond donors (Lipinski definition) is 0. The number of aromatic nitrogens is 2. The molecule has 0 saturated carbocycles. The molecule has 180 valence electrons. The SMILES string of the molecule is CC(C)Cc1cc2c(cn1)-c1oc3c(-c4cc(-c5ccccc5)c5ccccc5c4)nccc3c1CC2. The molecule has 3 aromatic heterocycles. The van der Waals surface area contributed by atoms with Crippen LogP contribution < -0.4 is 0 Å². The van der Waals surface area contributed by atoms with Crippen molar-refractivity contribution in [3.05, 3.63) is 108 Å². The van der Waals surface area contributed by atoms with Crippen molar-refractivity contribution in [2.45, 2.75) is 33.1 Å². The van der Waals surface area contributed by atoms with Crippen molar-refractivity contribution in [2.75, 3.05) is 0 Å². The van der Waals surface area contributed by atoms with Crippen LogP contribution in [0.3, 0.4) is 0 Å². The summed E-state index contributed by atoms with van der Waals surface area (Å²) in [6.07, 6.45) is 6.92. The van der Waals surface area contributed by atoms with E-state index in [4.69, 9.17) is 14.4 Å². The number of hydrogen-bond acceptors (Lipinski definition) is 3. The number of rotatable bonds is 4. The molecule has 0 N–H and O–H groups in total. The maximum absolute atomic E-state index is 6.68. The van der Waals surface area contributed by atoms with Gasteiger partial charge in [0.2, 0.25) is 0 Å². The van der Waals surface area contributed by atoms with Crippen molar-refractivity contribution in [3.8, 4) is 33.7 Å². The maximum atomic E-state index is 6.68. The standard InChI is InChI=1S/C34H28N2O/c1-21(2)16-26-18-24-12-13-28-29-14-15-35-32(34(29)37-33(28)31(24)20-36-26)25-17-23-10-6-7-11-27(23)30(19-25)22-8-4-3-5-9-22/h3-11,14-15,17-21H,12-13,16H2,1-2H3. The Morgan fingerprint density at radius 1 is 0.784 bits per heavy atom. The predicted octanol–water partition coefficient (Wildman–Crippen LogP) is 8.67. The fourth-order valence-corrected chi connectivity index (χ4v) is 5.80. The highest BCUT2D eigenvalue weighted by atomic mass is 16.3. The zero-order valence-corrected chi connectivity index (χ0v) is 21.2. The van der Waals surface area contributed by atoms with E-state index in [-0.39, 0.29) is 0 Å². The van der Waals surface area contributed by atoms with Gasteiger partial charge in [0.05, 0.1) is 0 Å². The van der Waals surface area contributed by atoms with E-state index < -0.39 is 0 Å². The number of fused-ring (bicyclic) bond motifs is 6. The van der Waals surface area contributed by atoms with E-state index >= 15 is 0 Å². The lowest BCUT2D eigenvalue weighted by atomic mass is 9.89. The van der Waals surface area contributed by atoms with Gasteiger partial charge in [0.15, 0.2) is 5.58 Å². The average molecular weight is 481 g/mol. The Labute approximate surface area is 216 Å². The van der Waals surface area contributed by atoms with Crippen LogP contribution in [0.2, 0.25) is 0 Å².